The first-order chi connectivity index (χ1) is 14.5. The molecular weight excluding hydrogens is 390 g/mol. The molecule has 30 heavy (non-hydrogen) atoms. The quantitative estimate of drug-likeness (QED) is 0.492. The number of nitrogens with zero attached hydrogens (tertiary/aromatic N) is 3. The third kappa shape index (κ3) is 3.67. The van der Waals surface area contributed by atoms with Gasteiger partial charge in [0.05, 0.1) is 4.88 Å². The summed E-state index contributed by atoms with van der Waals surface area (Å²) in [6.45, 7) is 6.35. The number of nitrogen functional groups attached to an aromatic ring is 1. The maximum Gasteiger partial charge on any atom is 0.180 e. The predicted octanol–water partition coefficient (Wildman–Crippen LogP) is 5.01. The number of hydrogen-bond donors (Lipinski definition) is 2. The fraction of sp³-hybridized carbons (Fsp3) is 0.167. The van der Waals surface area contributed by atoms with Crippen molar-refractivity contribution in [1.82, 2.24) is 14.9 Å². The fourth-order valence-corrected chi connectivity index (χ4v) is 4.57. The number of rotatable bonds is 4. The predicted molar refractivity (Wildman–Crippen MR) is 126 cm³/mol. The zero-order valence-corrected chi connectivity index (χ0v) is 17.7. The summed E-state index contributed by atoms with van der Waals surface area (Å²) in [6, 6.07) is 15.0. The fourth-order valence-electron chi connectivity index (χ4n) is 3.89. The van der Waals surface area contributed by atoms with Crippen molar-refractivity contribution in [3.8, 4) is 10.4 Å². The van der Waals surface area contributed by atoms with Gasteiger partial charge >= 0.3 is 0 Å². The maximum absolute atomic E-state index is 5.79. The number of fused-ring (bicyclic) bond motifs is 2. The molecule has 1 aliphatic rings. The van der Waals surface area contributed by atoms with Crippen LogP contribution in [-0.2, 0) is 13.0 Å². The van der Waals surface area contributed by atoms with Gasteiger partial charge in [-0.3, -0.25) is 0 Å². The molecule has 0 fully saturated rings. The lowest BCUT2D eigenvalue weighted by Gasteiger charge is -2.25. The molecule has 5 nitrogen and oxygen atoms in total. The van der Waals surface area contributed by atoms with E-state index in [2.05, 4.69) is 76.3 Å². The van der Waals surface area contributed by atoms with Gasteiger partial charge in [0.15, 0.2) is 5.13 Å². The van der Waals surface area contributed by atoms with Gasteiger partial charge in [0.2, 0.25) is 0 Å². The standard InChI is InChI=1S/C24H23N5S/c1-15(16-3-6-20-14-29(2)8-7-17(20)9-16)28-23-11-21-10-18(4-5-19(21)12-26-23)22-13-27-24(25)30-22/h3-6,9-13H,1,7-8,14H2,2H3,(H2,25,27)(H,26,28). The molecule has 0 aliphatic carbocycles. The van der Waals surface area contributed by atoms with Crippen molar-refractivity contribution >= 4 is 38.8 Å². The Balaban J connectivity index is 1.40. The van der Waals surface area contributed by atoms with E-state index in [-0.39, 0.29) is 0 Å². The van der Waals surface area contributed by atoms with E-state index in [4.69, 9.17) is 5.73 Å². The molecule has 2 aromatic carbocycles. The molecule has 1 aliphatic heterocycles. The lowest BCUT2D eigenvalue weighted by atomic mass is 9.97. The normalized spacial score (nSPS) is 13.9. The lowest BCUT2D eigenvalue weighted by molar-refractivity contribution is 0.313. The molecule has 0 saturated heterocycles. The molecule has 150 valence electrons. The summed E-state index contributed by atoms with van der Waals surface area (Å²) in [6.07, 6.45) is 4.78. The number of anilines is 2. The summed E-state index contributed by atoms with van der Waals surface area (Å²) < 4.78 is 0. The van der Waals surface area contributed by atoms with Crippen molar-refractivity contribution in [1.29, 1.82) is 0 Å². The second-order valence-corrected chi connectivity index (χ2v) is 8.83. The van der Waals surface area contributed by atoms with Gasteiger partial charge in [-0.15, -0.1) is 0 Å². The molecule has 4 aromatic rings. The van der Waals surface area contributed by atoms with Crippen LogP contribution in [0.3, 0.4) is 0 Å². The smallest absolute Gasteiger partial charge is 0.180 e. The van der Waals surface area contributed by atoms with Crippen LogP contribution >= 0.6 is 11.3 Å². The van der Waals surface area contributed by atoms with Gasteiger partial charge in [-0.05, 0) is 59.3 Å². The van der Waals surface area contributed by atoms with Crippen LogP contribution in [0, 0.1) is 0 Å². The van der Waals surface area contributed by atoms with Crippen LogP contribution in [0.25, 0.3) is 26.9 Å². The molecule has 5 rings (SSSR count). The Labute approximate surface area is 179 Å². The summed E-state index contributed by atoms with van der Waals surface area (Å²) in [5.74, 6) is 0.783. The number of benzene rings is 2. The summed E-state index contributed by atoms with van der Waals surface area (Å²) >= 11 is 1.49. The molecule has 6 heteroatoms. The van der Waals surface area contributed by atoms with Crippen LogP contribution in [0.2, 0.25) is 0 Å². The zero-order chi connectivity index (χ0) is 20.7. The van der Waals surface area contributed by atoms with Crippen LogP contribution in [0.5, 0.6) is 0 Å². The van der Waals surface area contributed by atoms with E-state index in [9.17, 15) is 0 Å². The molecule has 0 spiro atoms. The van der Waals surface area contributed by atoms with Gasteiger partial charge in [-0.2, -0.15) is 0 Å². The van der Waals surface area contributed by atoms with E-state index in [1.165, 1.54) is 22.5 Å². The minimum Gasteiger partial charge on any atom is -0.375 e. The van der Waals surface area contributed by atoms with Gasteiger partial charge < -0.3 is 16.0 Å². The van der Waals surface area contributed by atoms with E-state index in [1.54, 1.807) is 0 Å². The second-order valence-electron chi connectivity index (χ2n) is 7.77. The zero-order valence-electron chi connectivity index (χ0n) is 16.9. The van der Waals surface area contributed by atoms with Crippen molar-refractivity contribution in [2.45, 2.75) is 13.0 Å². The number of nitrogens with one attached hydrogen (secondary N) is 1. The summed E-state index contributed by atoms with van der Waals surface area (Å²) in [7, 11) is 2.16. The number of hydrogen-bond acceptors (Lipinski definition) is 6. The molecule has 3 heterocycles. The highest BCUT2D eigenvalue weighted by atomic mass is 32.1. The largest absolute Gasteiger partial charge is 0.375 e. The Morgan fingerprint density at radius 3 is 2.80 bits per heavy atom. The first kappa shape index (κ1) is 18.8. The number of aromatic nitrogens is 2. The number of pyridine rings is 1. The van der Waals surface area contributed by atoms with Crippen LogP contribution in [-0.4, -0.2) is 28.5 Å². The van der Waals surface area contributed by atoms with Crippen molar-refractivity contribution < 1.29 is 0 Å². The lowest BCUT2D eigenvalue weighted by Crippen LogP contribution is -2.26. The number of likely N-dealkylation sites (N-methyl/N-ethyl adjacent to an activating group) is 1. The van der Waals surface area contributed by atoms with Crippen LogP contribution in [0.1, 0.15) is 16.7 Å². The van der Waals surface area contributed by atoms with E-state index in [0.29, 0.717) is 5.13 Å². The highest BCUT2D eigenvalue weighted by Crippen LogP contribution is 2.31. The van der Waals surface area contributed by atoms with Crippen molar-refractivity contribution in [2.75, 3.05) is 24.6 Å². The SMILES string of the molecule is C=C(Nc1cc2cc(-c3cnc(N)s3)ccc2cn1)c1ccc2c(c1)CCN(C)C2. The topological polar surface area (TPSA) is 67.1 Å². The van der Waals surface area contributed by atoms with Crippen LogP contribution in [0.15, 0.2) is 61.4 Å². The first-order valence-electron chi connectivity index (χ1n) is 9.93. The van der Waals surface area contributed by atoms with Crippen LogP contribution in [0.4, 0.5) is 10.9 Å². The van der Waals surface area contributed by atoms with Gasteiger partial charge in [-0.1, -0.05) is 42.2 Å². The molecule has 2 aromatic heterocycles. The van der Waals surface area contributed by atoms with Crippen molar-refractivity contribution in [3.05, 3.63) is 78.1 Å². The third-order valence-corrected chi connectivity index (χ3v) is 6.44. The Morgan fingerprint density at radius 1 is 1.07 bits per heavy atom. The number of nitrogens with two attached hydrogens (primary N) is 1. The molecular formula is C24H23N5S. The maximum atomic E-state index is 5.79. The summed E-state index contributed by atoms with van der Waals surface area (Å²) in [5.41, 5.74) is 11.7. The van der Waals surface area contributed by atoms with E-state index >= 15 is 0 Å². The highest BCUT2D eigenvalue weighted by Gasteiger charge is 2.14. The Morgan fingerprint density at radius 2 is 1.97 bits per heavy atom. The van der Waals surface area contributed by atoms with Gasteiger partial charge in [0.25, 0.3) is 0 Å². The van der Waals surface area contributed by atoms with Gasteiger partial charge in [-0.25, -0.2) is 9.97 Å². The first-order valence-corrected chi connectivity index (χ1v) is 10.7. The van der Waals surface area contributed by atoms with E-state index < -0.39 is 0 Å². The van der Waals surface area contributed by atoms with E-state index in [1.807, 2.05) is 12.4 Å². The molecule has 0 amide bonds. The van der Waals surface area contributed by atoms with Gasteiger partial charge in [0.1, 0.15) is 5.82 Å². The van der Waals surface area contributed by atoms with Crippen LogP contribution < -0.4 is 11.1 Å². The minimum atomic E-state index is 0.579. The number of thiazole rings is 1. The average Bonchev–Trinajstić information content (AvgIpc) is 3.19. The summed E-state index contributed by atoms with van der Waals surface area (Å²) in [5, 5.41) is 6.16. The Kier molecular flexibility index (Phi) is 4.73. The molecule has 0 radical (unpaired) electrons. The Bertz CT molecular complexity index is 1260. The van der Waals surface area contributed by atoms with Crippen molar-refractivity contribution in [3.63, 3.8) is 0 Å². The van der Waals surface area contributed by atoms with E-state index in [0.717, 1.165) is 57.8 Å². The summed E-state index contributed by atoms with van der Waals surface area (Å²) in [4.78, 5) is 12.1. The molecule has 0 unspecified atom stereocenters. The minimum absolute atomic E-state index is 0.579. The molecule has 0 atom stereocenters. The third-order valence-electron chi connectivity index (χ3n) is 5.57. The molecule has 0 saturated carbocycles. The Hall–Kier alpha value is -3.22. The van der Waals surface area contributed by atoms with Gasteiger partial charge in [0, 0.05) is 36.6 Å². The second kappa shape index (κ2) is 7.55. The average molecular weight is 414 g/mol. The highest BCUT2D eigenvalue weighted by molar-refractivity contribution is 7.18. The molecule has 3 N–H and O–H groups in total. The van der Waals surface area contributed by atoms with Crippen molar-refractivity contribution in [2.24, 2.45) is 0 Å². The monoisotopic (exact) mass is 413 g/mol. The molecule has 0 bridgehead atoms.